The Bertz CT molecular complexity index is 768. The molecule has 24 heavy (non-hydrogen) atoms. The zero-order valence-electron chi connectivity index (χ0n) is 14.5. The van der Waals surface area contributed by atoms with Gasteiger partial charge in [0, 0.05) is 24.8 Å². The van der Waals surface area contributed by atoms with E-state index in [0.717, 1.165) is 5.69 Å². The van der Waals surface area contributed by atoms with Crippen molar-refractivity contribution in [2.24, 2.45) is 0 Å². The molecule has 3 rings (SSSR count). The van der Waals surface area contributed by atoms with Crippen LogP contribution in [0.15, 0.2) is 48.7 Å². The highest BCUT2D eigenvalue weighted by molar-refractivity contribution is 5.52. The highest BCUT2D eigenvalue weighted by Crippen LogP contribution is 2.32. The Hall–Kier alpha value is -2.34. The molecule has 3 heteroatoms. The fraction of sp³-hybridized carbons (Fsp3) is 0.381. The summed E-state index contributed by atoms with van der Waals surface area (Å²) in [6.45, 7) is 7.55. The van der Waals surface area contributed by atoms with Crippen molar-refractivity contribution in [2.75, 3.05) is 18.0 Å². The Balaban J connectivity index is 1.77. The van der Waals surface area contributed by atoms with Gasteiger partial charge in [-0.1, -0.05) is 44.9 Å². The molecule has 0 saturated carbocycles. The predicted molar refractivity (Wildman–Crippen MR) is 96.9 cm³/mol. The molecule has 0 amide bonds. The number of nitrogens with zero attached hydrogens (tertiary/aromatic N) is 2. The van der Waals surface area contributed by atoms with Gasteiger partial charge in [-0.15, -0.1) is 0 Å². The number of halogens is 1. The first-order valence-electron chi connectivity index (χ1n) is 8.34. The van der Waals surface area contributed by atoms with Gasteiger partial charge in [0.2, 0.25) is 0 Å². The van der Waals surface area contributed by atoms with Gasteiger partial charge in [-0.3, -0.25) is 0 Å². The average Bonchev–Trinajstić information content (AvgIpc) is 2.96. The van der Waals surface area contributed by atoms with Crippen LogP contribution in [0.2, 0.25) is 0 Å². The fourth-order valence-electron chi connectivity index (χ4n) is 2.88. The zero-order valence-corrected chi connectivity index (χ0v) is 14.5. The second kappa shape index (κ2) is 6.28. The molecule has 124 valence electrons. The molecule has 2 nitrogen and oxygen atoms in total. The van der Waals surface area contributed by atoms with Gasteiger partial charge < -0.3 is 4.90 Å². The lowest BCUT2D eigenvalue weighted by molar-refractivity contribution is 0.274. The first-order chi connectivity index (χ1) is 11.4. The van der Waals surface area contributed by atoms with Crippen molar-refractivity contribution in [1.29, 1.82) is 0 Å². The second-order valence-electron chi connectivity index (χ2n) is 7.40. The zero-order chi connectivity index (χ0) is 17.2. The predicted octanol–water partition coefficient (Wildman–Crippen LogP) is 4.35. The molecule has 2 aromatic rings. The van der Waals surface area contributed by atoms with Gasteiger partial charge in [-0.05, 0) is 41.2 Å². The number of benzene rings is 1. The van der Waals surface area contributed by atoms with E-state index < -0.39 is 5.67 Å². The summed E-state index contributed by atoms with van der Waals surface area (Å²) in [6.07, 6.45) is 2.10. The SMILES string of the molecule is CC(C)(C)c1cccc(N2CCC(F)(C#Cc3ccccn3)C2)c1. The molecule has 0 spiro atoms. The van der Waals surface area contributed by atoms with E-state index in [4.69, 9.17) is 0 Å². The van der Waals surface area contributed by atoms with E-state index in [2.05, 4.69) is 54.6 Å². The minimum Gasteiger partial charge on any atom is -0.367 e. The minimum absolute atomic E-state index is 0.0846. The van der Waals surface area contributed by atoms with Gasteiger partial charge in [0.25, 0.3) is 0 Å². The Kier molecular flexibility index (Phi) is 4.32. The maximum Gasteiger partial charge on any atom is 0.190 e. The highest BCUT2D eigenvalue weighted by Gasteiger charge is 2.37. The maximum absolute atomic E-state index is 15.0. The summed E-state index contributed by atoms with van der Waals surface area (Å²) < 4.78 is 15.0. The van der Waals surface area contributed by atoms with Crippen LogP contribution in [0.4, 0.5) is 10.1 Å². The molecule has 1 aromatic carbocycles. The van der Waals surface area contributed by atoms with E-state index in [1.165, 1.54) is 5.56 Å². The number of hydrogen-bond acceptors (Lipinski definition) is 2. The summed E-state index contributed by atoms with van der Waals surface area (Å²) in [6, 6.07) is 13.9. The average molecular weight is 322 g/mol. The van der Waals surface area contributed by atoms with Crippen molar-refractivity contribution in [2.45, 2.75) is 38.3 Å². The summed E-state index contributed by atoms with van der Waals surface area (Å²) >= 11 is 0. The molecule has 0 aliphatic carbocycles. The van der Waals surface area contributed by atoms with Crippen LogP contribution in [0, 0.1) is 11.8 Å². The molecule has 1 saturated heterocycles. The third kappa shape index (κ3) is 3.76. The number of pyridine rings is 1. The molecule has 0 N–H and O–H groups in total. The van der Waals surface area contributed by atoms with Gasteiger partial charge in [0.1, 0.15) is 5.69 Å². The Labute approximate surface area is 143 Å². The van der Waals surface area contributed by atoms with Crippen LogP contribution in [-0.4, -0.2) is 23.7 Å². The van der Waals surface area contributed by atoms with Crippen LogP contribution < -0.4 is 4.90 Å². The topological polar surface area (TPSA) is 16.1 Å². The van der Waals surface area contributed by atoms with Gasteiger partial charge in [0.15, 0.2) is 5.67 Å². The number of hydrogen-bond donors (Lipinski definition) is 0. The Morgan fingerprint density at radius 2 is 2.00 bits per heavy atom. The van der Waals surface area contributed by atoms with Crippen molar-refractivity contribution in [3.05, 3.63) is 59.9 Å². The van der Waals surface area contributed by atoms with Crippen molar-refractivity contribution >= 4 is 5.69 Å². The van der Waals surface area contributed by atoms with E-state index in [9.17, 15) is 0 Å². The summed E-state index contributed by atoms with van der Waals surface area (Å²) in [4.78, 5) is 6.22. The lowest BCUT2D eigenvalue weighted by Gasteiger charge is -2.24. The summed E-state index contributed by atoms with van der Waals surface area (Å²) in [5, 5.41) is 0. The number of alkyl halides is 1. The Morgan fingerprint density at radius 3 is 2.71 bits per heavy atom. The van der Waals surface area contributed by atoms with Gasteiger partial charge >= 0.3 is 0 Å². The maximum atomic E-state index is 15.0. The molecule has 0 bridgehead atoms. The second-order valence-corrected chi connectivity index (χ2v) is 7.40. The van der Waals surface area contributed by atoms with Crippen LogP contribution in [0.25, 0.3) is 0 Å². The minimum atomic E-state index is -1.48. The van der Waals surface area contributed by atoms with E-state index >= 15 is 4.39 Å². The smallest absolute Gasteiger partial charge is 0.190 e. The van der Waals surface area contributed by atoms with Crippen LogP contribution in [0.3, 0.4) is 0 Å². The molecule has 1 aliphatic rings. The van der Waals surface area contributed by atoms with Crippen molar-refractivity contribution in [3.63, 3.8) is 0 Å². The number of rotatable bonds is 1. The van der Waals surface area contributed by atoms with Gasteiger partial charge in [-0.25, -0.2) is 9.37 Å². The monoisotopic (exact) mass is 322 g/mol. The van der Waals surface area contributed by atoms with E-state index in [1.54, 1.807) is 12.3 Å². The van der Waals surface area contributed by atoms with Crippen LogP contribution in [0.1, 0.15) is 38.4 Å². The van der Waals surface area contributed by atoms with Crippen LogP contribution >= 0.6 is 0 Å². The molecular formula is C21H23FN2. The third-order valence-electron chi connectivity index (χ3n) is 4.38. The summed E-state index contributed by atoms with van der Waals surface area (Å²) in [5.74, 6) is 5.67. The van der Waals surface area contributed by atoms with E-state index in [0.29, 0.717) is 25.2 Å². The molecule has 1 aromatic heterocycles. The van der Waals surface area contributed by atoms with Crippen molar-refractivity contribution in [1.82, 2.24) is 4.98 Å². The normalized spacial score (nSPS) is 20.6. The molecule has 2 heterocycles. The van der Waals surface area contributed by atoms with Crippen molar-refractivity contribution in [3.8, 4) is 11.8 Å². The first-order valence-corrected chi connectivity index (χ1v) is 8.34. The lowest BCUT2D eigenvalue weighted by Crippen LogP contribution is -2.27. The molecule has 1 atom stereocenters. The fourth-order valence-corrected chi connectivity index (χ4v) is 2.88. The van der Waals surface area contributed by atoms with Gasteiger partial charge in [-0.2, -0.15) is 0 Å². The summed E-state index contributed by atoms with van der Waals surface area (Å²) in [5.41, 5.74) is 1.55. The lowest BCUT2D eigenvalue weighted by atomic mass is 9.87. The molecule has 0 radical (unpaired) electrons. The van der Waals surface area contributed by atoms with E-state index in [-0.39, 0.29) is 5.41 Å². The quantitative estimate of drug-likeness (QED) is 0.726. The standard InChI is InChI=1S/C21H23FN2/c1-20(2,3)17-7-6-9-19(15-17)24-14-12-21(22,16-24)11-10-18-8-4-5-13-23-18/h4-9,13,15H,12,14,16H2,1-3H3. The molecule has 1 fully saturated rings. The number of aromatic nitrogens is 1. The first kappa shape index (κ1) is 16.5. The van der Waals surface area contributed by atoms with Gasteiger partial charge in [0.05, 0.1) is 6.54 Å². The molecule has 1 aliphatic heterocycles. The van der Waals surface area contributed by atoms with Crippen molar-refractivity contribution < 1.29 is 4.39 Å². The summed E-state index contributed by atoms with van der Waals surface area (Å²) in [7, 11) is 0. The highest BCUT2D eigenvalue weighted by atomic mass is 19.1. The molecular weight excluding hydrogens is 299 g/mol. The molecule has 1 unspecified atom stereocenters. The number of anilines is 1. The Morgan fingerprint density at radius 1 is 1.17 bits per heavy atom. The third-order valence-corrected chi connectivity index (χ3v) is 4.38. The largest absolute Gasteiger partial charge is 0.367 e. The van der Waals surface area contributed by atoms with Crippen LogP contribution in [0.5, 0.6) is 0 Å². The van der Waals surface area contributed by atoms with E-state index in [1.807, 2.05) is 24.3 Å². The van der Waals surface area contributed by atoms with Crippen LogP contribution in [-0.2, 0) is 5.41 Å².